The molecule has 1 fully saturated rings. The summed E-state index contributed by atoms with van der Waals surface area (Å²) in [4.78, 5) is 24.0. The third-order valence-corrected chi connectivity index (χ3v) is 6.67. The number of aromatic nitrogens is 2. The molecular weight excluding hydrogens is 477 g/mol. The van der Waals surface area contributed by atoms with Gasteiger partial charge in [-0.15, -0.1) is 0 Å². The van der Waals surface area contributed by atoms with Crippen molar-refractivity contribution in [2.75, 3.05) is 24.2 Å². The largest absolute Gasteiger partial charge is 0.337 e. The van der Waals surface area contributed by atoms with E-state index in [2.05, 4.69) is 32.5 Å². The van der Waals surface area contributed by atoms with Gasteiger partial charge in [-0.25, -0.2) is 14.4 Å². The lowest BCUT2D eigenvalue weighted by atomic mass is 9.98. The predicted molar refractivity (Wildman–Crippen MR) is 143 cm³/mol. The molecule has 1 aliphatic rings. The van der Waals surface area contributed by atoms with Gasteiger partial charge >= 0.3 is 0 Å². The van der Waals surface area contributed by atoms with Crippen LogP contribution in [0.15, 0.2) is 79.1 Å². The van der Waals surface area contributed by atoms with Crippen molar-refractivity contribution in [2.45, 2.75) is 18.9 Å². The number of nitrogens with zero attached hydrogens (tertiary/aromatic N) is 3. The van der Waals surface area contributed by atoms with Gasteiger partial charge in [0.2, 0.25) is 5.91 Å². The summed E-state index contributed by atoms with van der Waals surface area (Å²) in [6, 6.07) is 18.3. The maximum Gasteiger partial charge on any atom is 0.248 e. The fourth-order valence-electron chi connectivity index (χ4n) is 4.54. The molecule has 1 unspecified atom stereocenters. The quantitative estimate of drug-likeness (QED) is 0.298. The number of rotatable bonds is 6. The summed E-state index contributed by atoms with van der Waals surface area (Å²) < 4.78 is 14.7. The van der Waals surface area contributed by atoms with Crippen molar-refractivity contribution in [1.82, 2.24) is 14.9 Å². The van der Waals surface area contributed by atoms with Gasteiger partial charge in [0.1, 0.15) is 12.1 Å². The summed E-state index contributed by atoms with van der Waals surface area (Å²) in [6.45, 7) is 1.03. The highest BCUT2D eigenvalue weighted by Crippen LogP contribution is 2.39. The van der Waals surface area contributed by atoms with Crippen LogP contribution < -0.4 is 10.6 Å². The molecule has 5 rings (SSSR count). The van der Waals surface area contributed by atoms with E-state index in [0.717, 1.165) is 30.5 Å². The summed E-state index contributed by atoms with van der Waals surface area (Å²) in [5, 5.41) is 6.76. The minimum atomic E-state index is -0.571. The van der Waals surface area contributed by atoms with Crippen LogP contribution in [-0.2, 0) is 4.79 Å². The summed E-state index contributed by atoms with van der Waals surface area (Å²) in [5.74, 6) is -0.392. The molecule has 2 heterocycles. The number of anilines is 3. The molecule has 0 spiro atoms. The number of likely N-dealkylation sites (tertiary alicyclic amines) is 1. The van der Waals surface area contributed by atoms with E-state index in [4.69, 9.17) is 11.6 Å². The third kappa shape index (κ3) is 4.94. The van der Waals surface area contributed by atoms with Crippen molar-refractivity contribution >= 4 is 45.6 Å². The standard InChI is InChI=1S/C28H25ClFN5O/c1-35-16-6-9-19(35)12-15-24(36)33-22-14-13-21-26(25(22)18-7-3-2-4-8-18)28(32-17-31-21)34-23-11-5-10-20(29)27(23)30/h2-5,7-8,10-15,17,19H,6,9,16H2,1H3,(H,33,36)(H,31,32,34). The van der Waals surface area contributed by atoms with Crippen LogP contribution in [-0.4, -0.2) is 40.4 Å². The number of halogens is 2. The van der Waals surface area contributed by atoms with Crippen molar-refractivity contribution in [3.05, 3.63) is 90.0 Å². The number of nitrogens with one attached hydrogen (secondary N) is 2. The molecule has 1 aromatic heterocycles. The third-order valence-electron chi connectivity index (χ3n) is 6.38. The van der Waals surface area contributed by atoms with E-state index >= 15 is 0 Å². The number of likely N-dealkylation sites (N-methyl/N-ethyl adjacent to an activating group) is 1. The zero-order valence-electron chi connectivity index (χ0n) is 19.7. The molecular formula is C28H25ClFN5O. The second-order valence-electron chi connectivity index (χ2n) is 8.74. The average Bonchev–Trinajstić information content (AvgIpc) is 3.30. The highest BCUT2D eigenvalue weighted by atomic mass is 35.5. The Hall–Kier alpha value is -3.81. The summed E-state index contributed by atoms with van der Waals surface area (Å²) in [7, 11) is 2.06. The van der Waals surface area contributed by atoms with Crippen LogP contribution in [0.3, 0.4) is 0 Å². The Morgan fingerprint density at radius 1 is 1.08 bits per heavy atom. The summed E-state index contributed by atoms with van der Waals surface area (Å²) in [5.41, 5.74) is 3.04. The Balaban J connectivity index is 1.59. The maximum atomic E-state index is 14.7. The lowest BCUT2D eigenvalue weighted by molar-refractivity contribution is -0.111. The van der Waals surface area contributed by atoms with E-state index in [-0.39, 0.29) is 22.7 Å². The van der Waals surface area contributed by atoms with Gasteiger partial charge in [0.05, 0.1) is 21.6 Å². The molecule has 182 valence electrons. The van der Waals surface area contributed by atoms with Crippen LogP contribution in [0.4, 0.5) is 21.6 Å². The fourth-order valence-corrected chi connectivity index (χ4v) is 4.71. The molecule has 2 N–H and O–H groups in total. The molecule has 8 heteroatoms. The van der Waals surface area contributed by atoms with E-state index in [9.17, 15) is 9.18 Å². The second kappa shape index (κ2) is 10.4. The molecule has 1 saturated heterocycles. The average molecular weight is 502 g/mol. The molecule has 1 atom stereocenters. The van der Waals surface area contributed by atoms with E-state index in [1.165, 1.54) is 12.4 Å². The minimum Gasteiger partial charge on any atom is -0.337 e. The van der Waals surface area contributed by atoms with Crippen molar-refractivity contribution in [1.29, 1.82) is 0 Å². The molecule has 1 aliphatic heterocycles. The molecule has 4 aromatic rings. The van der Waals surface area contributed by atoms with E-state index in [0.29, 0.717) is 22.4 Å². The Morgan fingerprint density at radius 3 is 2.69 bits per heavy atom. The molecule has 0 aliphatic carbocycles. The first-order valence-corrected chi connectivity index (χ1v) is 12.1. The van der Waals surface area contributed by atoms with Gasteiger partial charge in [-0.3, -0.25) is 9.69 Å². The van der Waals surface area contributed by atoms with E-state index in [1.807, 2.05) is 48.5 Å². The smallest absolute Gasteiger partial charge is 0.248 e. The first-order chi connectivity index (χ1) is 17.5. The maximum absolute atomic E-state index is 14.7. The Morgan fingerprint density at radius 2 is 1.92 bits per heavy atom. The van der Waals surface area contributed by atoms with E-state index in [1.54, 1.807) is 18.2 Å². The van der Waals surface area contributed by atoms with Crippen LogP contribution in [0.2, 0.25) is 5.02 Å². The number of carbonyl (C=O) groups excluding carboxylic acids is 1. The Kier molecular flexibility index (Phi) is 6.93. The second-order valence-corrected chi connectivity index (χ2v) is 9.14. The summed E-state index contributed by atoms with van der Waals surface area (Å²) >= 11 is 5.99. The van der Waals surface area contributed by atoms with Crippen LogP contribution in [0, 0.1) is 5.82 Å². The number of fused-ring (bicyclic) bond motifs is 1. The number of benzene rings is 3. The number of amides is 1. The van der Waals surface area contributed by atoms with Crippen LogP contribution in [0.5, 0.6) is 0 Å². The zero-order chi connectivity index (χ0) is 25.1. The van der Waals surface area contributed by atoms with Gasteiger partial charge in [-0.2, -0.15) is 0 Å². The van der Waals surface area contributed by atoms with Crippen LogP contribution in [0.25, 0.3) is 22.0 Å². The molecule has 1 amide bonds. The number of carbonyl (C=O) groups is 1. The monoisotopic (exact) mass is 501 g/mol. The fraction of sp³-hybridized carbons (Fsp3) is 0.179. The van der Waals surface area contributed by atoms with Crippen LogP contribution in [0.1, 0.15) is 12.8 Å². The van der Waals surface area contributed by atoms with Crippen molar-refractivity contribution in [3.8, 4) is 11.1 Å². The molecule has 0 saturated carbocycles. The highest BCUT2D eigenvalue weighted by Gasteiger charge is 2.20. The Labute approximate surface area is 213 Å². The van der Waals surface area contributed by atoms with Gasteiger partial charge in [-0.05, 0) is 56.3 Å². The molecule has 6 nitrogen and oxygen atoms in total. The molecule has 0 bridgehead atoms. The first kappa shape index (κ1) is 23.9. The van der Waals surface area contributed by atoms with Gasteiger partial charge in [0.25, 0.3) is 0 Å². The Bertz CT molecular complexity index is 1440. The molecule has 0 radical (unpaired) electrons. The zero-order valence-corrected chi connectivity index (χ0v) is 20.5. The molecule has 3 aromatic carbocycles. The SMILES string of the molecule is CN1CCCC1C=CC(=O)Nc1ccc2ncnc(Nc3cccc(Cl)c3F)c2c1-c1ccccc1. The van der Waals surface area contributed by atoms with Gasteiger partial charge in [0.15, 0.2) is 5.82 Å². The van der Waals surface area contributed by atoms with Crippen molar-refractivity contribution < 1.29 is 9.18 Å². The van der Waals surface area contributed by atoms with E-state index < -0.39 is 5.82 Å². The normalized spacial score (nSPS) is 16.0. The number of hydrogen-bond acceptors (Lipinski definition) is 5. The van der Waals surface area contributed by atoms with Crippen LogP contribution >= 0.6 is 11.6 Å². The summed E-state index contributed by atoms with van der Waals surface area (Å²) in [6.07, 6.45) is 7.12. The van der Waals surface area contributed by atoms with Gasteiger partial charge in [0, 0.05) is 23.4 Å². The van der Waals surface area contributed by atoms with Gasteiger partial charge in [-0.1, -0.05) is 54.1 Å². The number of hydrogen-bond donors (Lipinski definition) is 2. The first-order valence-electron chi connectivity index (χ1n) is 11.7. The topological polar surface area (TPSA) is 70.2 Å². The highest BCUT2D eigenvalue weighted by molar-refractivity contribution is 6.31. The predicted octanol–water partition coefficient (Wildman–Crippen LogP) is 6.42. The minimum absolute atomic E-state index is 0.00860. The lowest BCUT2D eigenvalue weighted by Gasteiger charge is -2.17. The van der Waals surface area contributed by atoms with Crippen molar-refractivity contribution in [3.63, 3.8) is 0 Å². The van der Waals surface area contributed by atoms with Crippen molar-refractivity contribution in [2.24, 2.45) is 0 Å². The van der Waals surface area contributed by atoms with Gasteiger partial charge < -0.3 is 10.6 Å². The molecule has 36 heavy (non-hydrogen) atoms. The lowest BCUT2D eigenvalue weighted by Crippen LogP contribution is -2.23.